The number of carbonyl (C=O) groups excluding carboxylic acids is 2. The topological polar surface area (TPSA) is 128 Å². The van der Waals surface area contributed by atoms with Crippen molar-refractivity contribution in [3.63, 3.8) is 0 Å². The number of nitrogens with zero attached hydrogens (tertiary/aromatic N) is 3. The van der Waals surface area contributed by atoms with Crippen molar-refractivity contribution < 1.29 is 19.2 Å². The van der Waals surface area contributed by atoms with Crippen molar-refractivity contribution >= 4 is 17.5 Å². The summed E-state index contributed by atoms with van der Waals surface area (Å²) in [6.45, 7) is 5.54. The van der Waals surface area contributed by atoms with Crippen molar-refractivity contribution in [2.75, 3.05) is 6.61 Å². The van der Waals surface area contributed by atoms with Crippen molar-refractivity contribution in [2.45, 2.75) is 53.0 Å². The van der Waals surface area contributed by atoms with Gasteiger partial charge in [-0.2, -0.15) is 5.10 Å². The molecule has 162 valence electrons. The van der Waals surface area contributed by atoms with Crippen LogP contribution in [0.4, 0.5) is 5.69 Å². The molecule has 10 heteroatoms. The van der Waals surface area contributed by atoms with Gasteiger partial charge in [0.15, 0.2) is 0 Å². The molecular weight excluding hydrogens is 390 g/mol. The second-order valence-corrected chi connectivity index (χ2v) is 6.87. The van der Waals surface area contributed by atoms with Crippen LogP contribution in [0.1, 0.15) is 54.4 Å². The molecule has 0 atom stereocenters. The Labute approximate surface area is 174 Å². The molecule has 0 spiro atoms. The smallest absolute Gasteiger partial charge is 0.312 e. The molecule has 1 heterocycles. The van der Waals surface area contributed by atoms with E-state index in [1.807, 2.05) is 0 Å². The number of aryl methyl sites for hydroxylation is 1. The van der Waals surface area contributed by atoms with Gasteiger partial charge in [-0.05, 0) is 44.5 Å². The number of benzene rings is 1. The molecule has 10 nitrogen and oxygen atoms in total. The Balaban J connectivity index is 1.82. The molecule has 0 aliphatic rings. The van der Waals surface area contributed by atoms with Gasteiger partial charge in [0.1, 0.15) is 23.7 Å². The zero-order chi connectivity index (χ0) is 22.1. The summed E-state index contributed by atoms with van der Waals surface area (Å²) in [5, 5.41) is 15.0. The highest BCUT2D eigenvalue weighted by molar-refractivity contribution is 5.95. The van der Waals surface area contributed by atoms with E-state index in [1.165, 1.54) is 31.4 Å². The van der Waals surface area contributed by atoms with E-state index in [2.05, 4.69) is 22.9 Å². The zero-order valence-electron chi connectivity index (χ0n) is 17.4. The monoisotopic (exact) mass is 417 g/mol. The summed E-state index contributed by atoms with van der Waals surface area (Å²) >= 11 is 0. The normalized spacial score (nSPS) is 10.5. The number of hydrogen-bond donors (Lipinski definition) is 2. The molecule has 2 N–H and O–H groups in total. The van der Waals surface area contributed by atoms with Crippen molar-refractivity contribution in [2.24, 2.45) is 0 Å². The third kappa shape index (κ3) is 6.29. The lowest BCUT2D eigenvalue weighted by Crippen LogP contribution is -2.43. The molecule has 2 aromatic rings. The Morgan fingerprint density at radius 3 is 2.43 bits per heavy atom. The average Bonchev–Trinajstić information content (AvgIpc) is 2.99. The third-order valence-corrected chi connectivity index (χ3v) is 4.52. The van der Waals surface area contributed by atoms with E-state index in [0.717, 1.165) is 12.8 Å². The van der Waals surface area contributed by atoms with Crippen molar-refractivity contribution in [3.8, 4) is 5.75 Å². The molecule has 0 bridgehead atoms. The number of aromatic nitrogens is 2. The van der Waals surface area contributed by atoms with Crippen LogP contribution in [0.2, 0.25) is 0 Å². The first-order valence-electron chi connectivity index (χ1n) is 9.84. The van der Waals surface area contributed by atoms with Gasteiger partial charge in [-0.1, -0.05) is 26.2 Å². The Morgan fingerprint density at radius 2 is 1.83 bits per heavy atom. The number of nitro groups is 1. The number of hydrogen-bond acceptors (Lipinski definition) is 6. The standard InChI is InChI=1S/C20H27N5O5/c1-4-5-6-7-12-30-17-10-8-16(9-11-17)20(27)22-21-18(26)13-24-15(3)19(25(28)29)14(2)23-24/h8-11H,4-7,12-13H2,1-3H3,(H,21,26)(H,22,27). The Bertz CT molecular complexity index is 892. The summed E-state index contributed by atoms with van der Waals surface area (Å²) in [6, 6.07) is 6.61. The van der Waals surface area contributed by atoms with Crippen LogP contribution < -0.4 is 15.6 Å². The number of rotatable bonds is 10. The highest BCUT2D eigenvalue weighted by atomic mass is 16.6. The third-order valence-electron chi connectivity index (χ3n) is 4.52. The summed E-state index contributed by atoms with van der Waals surface area (Å²) in [5.74, 6) is -0.369. The molecule has 2 rings (SSSR count). The molecule has 0 aliphatic carbocycles. The van der Waals surface area contributed by atoms with Gasteiger partial charge in [-0.3, -0.25) is 35.2 Å². The molecule has 0 saturated carbocycles. The Hall–Kier alpha value is -3.43. The van der Waals surface area contributed by atoms with Gasteiger partial charge in [0.05, 0.1) is 11.5 Å². The van der Waals surface area contributed by atoms with E-state index in [-0.39, 0.29) is 23.6 Å². The highest BCUT2D eigenvalue weighted by Gasteiger charge is 2.22. The first kappa shape index (κ1) is 22.9. The fourth-order valence-corrected chi connectivity index (χ4v) is 2.90. The van der Waals surface area contributed by atoms with Crippen molar-refractivity contribution in [1.82, 2.24) is 20.6 Å². The van der Waals surface area contributed by atoms with Crippen LogP contribution in [-0.2, 0) is 11.3 Å². The summed E-state index contributed by atoms with van der Waals surface area (Å²) in [5.41, 5.74) is 5.32. The van der Waals surface area contributed by atoms with Gasteiger partial charge in [0.25, 0.3) is 11.8 Å². The molecule has 0 fully saturated rings. The maximum atomic E-state index is 12.2. The van der Waals surface area contributed by atoms with Crippen LogP contribution >= 0.6 is 0 Å². The summed E-state index contributed by atoms with van der Waals surface area (Å²) in [7, 11) is 0. The fourth-order valence-electron chi connectivity index (χ4n) is 2.90. The average molecular weight is 417 g/mol. The lowest BCUT2D eigenvalue weighted by molar-refractivity contribution is -0.386. The van der Waals surface area contributed by atoms with E-state index in [1.54, 1.807) is 24.3 Å². The Kier molecular flexibility index (Phi) is 8.33. The molecular formula is C20H27N5O5. The van der Waals surface area contributed by atoms with Gasteiger partial charge in [-0.25, -0.2) is 0 Å². The lowest BCUT2D eigenvalue weighted by atomic mass is 10.2. The minimum absolute atomic E-state index is 0.125. The first-order valence-corrected chi connectivity index (χ1v) is 9.84. The van der Waals surface area contributed by atoms with Crippen LogP contribution in [0.25, 0.3) is 0 Å². The highest BCUT2D eigenvalue weighted by Crippen LogP contribution is 2.21. The minimum Gasteiger partial charge on any atom is -0.494 e. The Morgan fingerprint density at radius 1 is 1.13 bits per heavy atom. The van der Waals surface area contributed by atoms with Crippen LogP contribution in [0.15, 0.2) is 24.3 Å². The van der Waals surface area contributed by atoms with E-state index in [0.29, 0.717) is 17.9 Å². The van der Waals surface area contributed by atoms with Gasteiger partial charge in [0.2, 0.25) is 0 Å². The summed E-state index contributed by atoms with van der Waals surface area (Å²) < 4.78 is 6.86. The zero-order valence-corrected chi connectivity index (χ0v) is 17.4. The van der Waals surface area contributed by atoms with E-state index >= 15 is 0 Å². The summed E-state index contributed by atoms with van der Waals surface area (Å²) in [6.07, 6.45) is 4.47. The maximum Gasteiger partial charge on any atom is 0.312 e. The number of carbonyl (C=O) groups is 2. The van der Waals surface area contributed by atoms with Crippen molar-refractivity contribution in [1.29, 1.82) is 0 Å². The number of amides is 2. The fraction of sp³-hybridized carbons (Fsp3) is 0.450. The van der Waals surface area contributed by atoms with E-state index in [9.17, 15) is 19.7 Å². The quantitative estimate of drug-likeness (QED) is 0.347. The van der Waals surface area contributed by atoms with Gasteiger partial charge < -0.3 is 4.74 Å². The number of unbranched alkanes of at least 4 members (excludes halogenated alkanes) is 3. The number of ether oxygens (including phenoxy) is 1. The van der Waals surface area contributed by atoms with Gasteiger partial charge in [-0.15, -0.1) is 0 Å². The molecule has 0 unspecified atom stereocenters. The van der Waals surface area contributed by atoms with E-state index < -0.39 is 16.7 Å². The predicted octanol–water partition coefficient (Wildman–Crippen LogP) is 2.83. The minimum atomic E-state index is -0.559. The van der Waals surface area contributed by atoms with Gasteiger partial charge >= 0.3 is 5.69 Å². The van der Waals surface area contributed by atoms with Crippen LogP contribution in [-0.4, -0.2) is 33.1 Å². The predicted molar refractivity (Wildman–Crippen MR) is 110 cm³/mol. The van der Waals surface area contributed by atoms with Crippen LogP contribution in [0.5, 0.6) is 5.75 Å². The summed E-state index contributed by atoms with van der Waals surface area (Å²) in [4.78, 5) is 34.7. The second-order valence-electron chi connectivity index (χ2n) is 6.87. The molecule has 1 aromatic carbocycles. The first-order chi connectivity index (χ1) is 14.3. The molecule has 2 amide bonds. The maximum absolute atomic E-state index is 12.2. The van der Waals surface area contributed by atoms with Crippen LogP contribution in [0, 0.1) is 24.0 Å². The second kappa shape index (κ2) is 10.9. The molecule has 0 radical (unpaired) electrons. The SMILES string of the molecule is CCCCCCOc1ccc(C(=O)NNC(=O)Cn2nc(C)c([N+](=O)[O-])c2C)cc1. The molecule has 0 aliphatic heterocycles. The lowest BCUT2D eigenvalue weighted by Gasteiger charge is -2.09. The van der Waals surface area contributed by atoms with E-state index in [4.69, 9.17) is 4.74 Å². The largest absolute Gasteiger partial charge is 0.494 e. The van der Waals surface area contributed by atoms with Crippen molar-refractivity contribution in [3.05, 3.63) is 51.3 Å². The number of nitrogens with one attached hydrogen (secondary N) is 2. The molecule has 0 saturated heterocycles. The van der Waals surface area contributed by atoms with Crippen LogP contribution in [0.3, 0.4) is 0 Å². The molecule has 30 heavy (non-hydrogen) atoms. The van der Waals surface area contributed by atoms with Gasteiger partial charge in [0, 0.05) is 5.56 Å². The molecule has 1 aromatic heterocycles. The number of hydrazine groups is 1.